The highest BCUT2D eigenvalue weighted by atomic mass is 35.5. The van der Waals surface area contributed by atoms with Crippen LogP contribution in [0.1, 0.15) is 5.56 Å². The molecule has 0 atom stereocenters. The van der Waals surface area contributed by atoms with Gasteiger partial charge >= 0.3 is 15.6 Å². The molecule has 0 aliphatic carbocycles. The fourth-order valence-corrected chi connectivity index (χ4v) is 1.62. The maximum absolute atomic E-state index is 12.0. The van der Waals surface area contributed by atoms with Crippen LogP contribution in [0.2, 0.25) is 5.02 Å². The first kappa shape index (κ1) is 13.1. The normalized spacial score (nSPS) is 12.6. The summed E-state index contributed by atoms with van der Waals surface area (Å²) in [6.07, 6.45) is 0. The summed E-state index contributed by atoms with van der Waals surface area (Å²) in [6, 6.07) is 3.58. The average molecular weight is 275 g/mol. The van der Waals surface area contributed by atoms with E-state index in [1.54, 1.807) is 0 Å². The molecule has 1 rings (SSSR count). The Morgan fingerprint density at radius 1 is 1.31 bits per heavy atom. The van der Waals surface area contributed by atoms with Gasteiger partial charge in [-0.2, -0.15) is 21.6 Å². The number of benzene rings is 1. The molecule has 8 heteroatoms. The molecule has 1 aromatic rings. The molecule has 0 aliphatic heterocycles. The van der Waals surface area contributed by atoms with Crippen molar-refractivity contribution in [2.24, 2.45) is 0 Å². The van der Waals surface area contributed by atoms with Crippen LogP contribution in [-0.4, -0.2) is 13.9 Å². The molecule has 0 aromatic heterocycles. The second-order valence-electron chi connectivity index (χ2n) is 2.89. The van der Waals surface area contributed by atoms with Crippen LogP contribution in [0.15, 0.2) is 18.2 Å². The Bertz CT molecular complexity index is 496. The van der Waals surface area contributed by atoms with Gasteiger partial charge < -0.3 is 4.18 Å². The zero-order chi connectivity index (χ0) is 12.6. The summed E-state index contributed by atoms with van der Waals surface area (Å²) in [4.78, 5) is 0. The van der Waals surface area contributed by atoms with E-state index in [1.807, 2.05) is 0 Å². The zero-order valence-corrected chi connectivity index (χ0v) is 9.45. The first-order valence-electron chi connectivity index (χ1n) is 3.90. The van der Waals surface area contributed by atoms with Gasteiger partial charge in [0.1, 0.15) is 5.75 Å². The lowest BCUT2D eigenvalue weighted by atomic mass is 10.2. The molecular weight excluding hydrogens is 269 g/mol. The smallest absolute Gasteiger partial charge is 0.376 e. The highest BCUT2D eigenvalue weighted by Crippen LogP contribution is 2.29. The van der Waals surface area contributed by atoms with Crippen molar-refractivity contribution >= 4 is 21.7 Å². The van der Waals surface area contributed by atoms with E-state index in [9.17, 15) is 21.6 Å². The molecule has 0 aliphatic rings. The average Bonchev–Trinajstić information content (AvgIpc) is 2.08. The van der Waals surface area contributed by atoms with E-state index >= 15 is 0 Å². The van der Waals surface area contributed by atoms with Crippen molar-refractivity contribution in [1.29, 1.82) is 0 Å². The Morgan fingerprint density at radius 2 is 1.88 bits per heavy atom. The molecule has 0 saturated carbocycles. The zero-order valence-electron chi connectivity index (χ0n) is 7.88. The molecule has 90 valence electrons. The van der Waals surface area contributed by atoms with Crippen LogP contribution in [0.4, 0.5) is 13.2 Å². The summed E-state index contributed by atoms with van der Waals surface area (Å²) < 4.78 is 61.3. The van der Waals surface area contributed by atoms with E-state index in [0.717, 1.165) is 6.07 Å². The Balaban J connectivity index is 3.07. The van der Waals surface area contributed by atoms with Gasteiger partial charge in [0.25, 0.3) is 0 Å². The van der Waals surface area contributed by atoms with Gasteiger partial charge in [-0.1, -0.05) is 11.6 Å². The Labute approximate surface area is 94.9 Å². The van der Waals surface area contributed by atoms with Gasteiger partial charge in [-0.3, -0.25) is 0 Å². The topological polar surface area (TPSA) is 43.4 Å². The lowest BCUT2D eigenvalue weighted by Gasteiger charge is -2.11. The lowest BCUT2D eigenvalue weighted by Crippen LogP contribution is -2.28. The summed E-state index contributed by atoms with van der Waals surface area (Å²) in [7, 11) is -5.63. The van der Waals surface area contributed by atoms with E-state index in [1.165, 1.54) is 19.1 Å². The maximum Gasteiger partial charge on any atom is 0.534 e. The van der Waals surface area contributed by atoms with Crippen LogP contribution in [0.5, 0.6) is 5.75 Å². The highest BCUT2D eigenvalue weighted by Gasteiger charge is 2.48. The number of rotatable bonds is 2. The van der Waals surface area contributed by atoms with Crippen LogP contribution in [0, 0.1) is 6.92 Å². The van der Waals surface area contributed by atoms with Crippen molar-refractivity contribution in [2.45, 2.75) is 12.4 Å². The third-order valence-corrected chi connectivity index (χ3v) is 2.82. The Morgan fingerprint density at radius 3 is 2.31 bits per heavy atom. The van der Waals surface area contributed by atoms with Gasteiger partial charge in [-0.25, -0.2) is 0 Å². The molecule has 0 bridgehead atoms. The van der Waals surface area contributed by atoms with Crippen LogP contribution in [-0.2, 0) is 10.1 Å². The fourth-order valence-electron chi connectivity index (χ4n) is 0.872. The summed E-state index contributed by atoms with van der Waals surface area (Å²) in [6.45, 7) is 1.38. The molecule has 0 amide bonds. The SMILES string of the molecule is Cc1cc(Cl)ccc1OS(=O)(=O)C(F)(F)F. The first-order valence-corrected chi connectivity index (χ1v) is 5.69. The van der Waals surface area contributed by atoms with Gasteiger partial charge in [0.05, 0.1) is 0 Å². The van der Waals surface area contributed by atoms with E-state index in [2.05, 4.69) is 4.18 Å². The third-order valence-electron chi connectivity index (χ3n) is 1.62. The van der Waals surface area contributed by atoms with Crippen molar-refractivity contribution in [2.75, 3.05) is 0 Å². The molecule has 0 heterocycles. The number of halogens is 4. The van der Waals surface area contributed by atoms with Crippen LogP contribution in [0.25, 0.3) is 0 Å². The molecule has 3 nitrogen and oxygen atoms in total. The summed E-state index contributed by atoms with van der Waals surface area (Å²) in [5.41, 5.74) is -5.25. The standard InChI is InChI=1S/C8H6ClF3O3S/c1-5-4-6(9)2-3-7(5)15-16(13,14)8(10,11)12/h2-4H,1H3. The van der Waals surface area contributed by atoms with Crippen molar-refractivity contribution in [3.8, 4) is 5.75 Å². The molecule has 0 unspecified atom stereocenters. The third kappa shape index (κ3) is 2.79. The monoisotopic (exact) mass is 274 g/mol. The van der Waals surface area contributed by atoms with E-state index in [0.29, 0.717) is 0 Å². The molecule has 1 aromatic carbocycles. The predicted octanol–water partition coefficient (Wildman–Crippen LogP) is 2.88. The second kappa shape index (κ2) is 4.14. The minimum Gasteiger partial charge on any atom is -0.376 e. The summed E-state index contributed by atoms with van der Waals surface area (Å²) in [5, 5.41) is 0.272. The van der Waals surface area contributed by atoms with Gasteiger partial charge in [-0.15, -0.1) is 0 Å². The molecule has 16 heavy (non-hydrogen) atoms. The molecule has 0 radical (unpaired) electrons. The second-order valence-corrected chi connectivity index (χ2v) is 4.87. The Hall–Kier alpha value is -0.950. The minimum atomic E-state index is -5.63. The molecular formula is C8H6ClF3O3S. The Kier molecular flexibility index (Phi) is 3.39. The summed E-state index contributed by atoms with van der Waals surface area (Å²) >= 11 is 5.55. The number of aryl methyl sites for hydroxylation is 1. The van der Waals surface area contributed by atoms with Crippen molar-refractivity contribution in [1.82, 2.24) is 0 Å². The van der Waals surface area contributed by atoms with Crippen LogP contribution < -0.4 is 4.18 Å². The van der Waals surface area contributed by atoms with Crippen molar-refractivity contribution in [3.63, 3.8) is 0 Å². The summed E-state index contributed by atoms with van der Waals surface area (Å²) in [5.74, 6) is -0.401. The van der Waals surface area contributed by atoms with Gasteiger partial charge in [-0.05, 0) is 30.7 Å². The van der Waals surface area contributed by atoms with Gasteiger partial charge in [0.2, 0.25) is 0 Å². The predicted molar refractivity (Wildman–Crippen MR) is 51.8 cm³/mol. The van der Waals surface area contributed by atoms with Crippen LogP contribution >= 0.6 is 11.6 Å². The largest absolute Gasteiger partial charge is 0.534 e. The van der Waals surface area contributed by atoms with Crippen molar-refractivity contribution < 1.29 is 25.8 Å². The van der Waals surface area contributed by atoms with E-state index in [-0.39, 0.29) is 10.6 Å². The minimum absolute atomic E-state index is 0.195. The molecule has 0 fully saturated rings. The van der Waals surface area contributed by atoms with E-state index < -0.39 is 21.4 Å². The van der Waals surface area contributed by atoms with Gasteiger partial charge in [0, 0.05) is 5.02 Å². The number of hydrogen-bond donors (Lipinski definition) is 0. The van der Waals surface area contributed by atoms with Crippen LogP contribution in [0.3, 0.4) is 0 Å². The number of hydrogen-bond acceptors (Lipinski definition) is 3. The molecule has 0 spiro atoms. The molecule has 0 N–H and O–H groups in total. The first-order chi connectivity index (χ1) is 7.13. The highest BCUT2D eigenvalue weighted by molar-refractivity contribution is 7.88. The van der Waals surface area contributed by atoms with E-state index in [4.69, 9.17) is 11.6 Å². The van der Waals surface area contributed by atoms with Crippen molar-refractivity contribution in [3.05, 3.63) is 28.8 Å². The maximum atomic E-state index is 12.0. The quantitative estimate of drug-likeness (QED) is 0.615. The van der Waals surface area contributed by atoms with Gasteiger partial charge in [0.15, 0.2) is 0 Å². The number of alkyl halides is 3. The molecule has 0 saturated heterocycles. The lowest BCUT2D eigenvalue weighted by molar-refractivity contribution is -0.0500. The fraction of sp³-hybridized carbons (Fsp3) is 0.250.